The molecule has 0 spiro atoms. The first-order valence-corrected chi connectivity index (χ1v) is 7.71. The lowest BCUT2D eigenvalue weighted by Gasteiger charge is -2.37. The molecule has 2 nitrogen and oxygen atoms in total. The van der Waals surface area contributed by atoms with Crippen molar-refractivity contribution in [3.05, 3.63) is 41.6 Å². The fourth-order valence-corrected chi connectivity index (χ4v) is 3.49. The average Bonchev–Trinajstić information content (AvgIpc) is 2.46. The number of rotatable bonds is 2. The van der Waals surface area contributed by atoms with Crippen LogP contribution in [0.1, 0.15) is 50.3 Å². The molecule has 1 heterocycles. The second kappa shape index (κ2) is 5.17. The smallest absolute Gasteiger partial charge is 0.0899 e. The van der Waals surface area contributed by atoms with Gasteiger partial charge in [-0.1, -0.05) is 31.9 Å². The van der Waals surface area contributed by atoms with Crippen molar-refractivity contribution in [2.24, 2.45) is 5.92 Å². The zero-order chi connectivity index (χ0) is 14.2. The number of aromatic nitrogens is 1. The van der Waals surface area contributed by atoms with Crippen molar-refractivity contribution in [1.82, 2.24) is 4.98 Å². The van der Waals surface area contributed by atoms with Crippen molar-refractivity contribution in [1.29, 1.82) is 0 Å². The van der Waals surface area contributed by atoms with Crippen LogP contribution >= 0.6 is 0 Å². The summed E-state index contributed by atoms with van der Waals surface area (Å²) in [6.07, 6.45) is 5.32. The zero-order valence-corrected chi connectivity index (χ0v) is 12.4. The molecule has 0 bridgehead atoms. The van der Waals surface area contributed by atoms with Crippen LogP contribution in [0.25, 0.3) is 10.9 Å². The van der Waals surface area contributed by atoms with E-state index in [9.17, 15) is 5.11 Å². The van der Waals surface area contributed by atoms with Crippen LogP contribution in [0.3, 0.4) is 0 Å². The molecule has 1 aromatic carbocycles. The van der Waals surface area contributed by atoms with Crippen LogP contribution in [0.5, 0.6) is 0 Å². The van der Waals surface area contributed by atoms with Gasteiger partial charge in [0.15, 0.2) is 0 Å². The fraction of sp³-hybridized carbons (Fsp3) is 0.500. The van der Waals surface area contributed by atoms with Crippen molar-refractivity contribution in [2.45, 2.75) is 51.6 Å². The van der Waals surface area contributed by atoms with Gasteiger partial charge in [-0.25, -0.2) is 0 Å². The van der Waals surface area contributed by atoms with Gasteiger partial charge in [-0.2, -0.15) is 0 Å². The number of hydrogen-bond donors (Lipinski definition) is 1. The van der Waals surface area contributed by atoms with Crippen LogP contribution in [-0.2, 0) is 5.60 Å². The summed E-state index contributed by atoms with van der Waals surface area (Å²) in [7, 11) is 0. The summed E-state index contributed by atoms with van der Waals surface area (Å²) in [5.41, 5.74) is 2.47. The van der Waals surface area contributed by atoms with Crippen molar-refractivity contribution >= 4 is 10.9 Å². The number of hydrogen-bond acceptors (Lipinski definition) is 2. The molecule has 2 aromatic rings. The Morgan fingerprint density at radius 1 is 1.30 bits per heavy atom. The van der Waals surface area contributed by atoms with Crippen molar-refractivity contribution < 1.29 is 5.11 Å². The Morgan fingerprint density at radius 3 is 2.95 bits per heavy atom. The van der Waals surface area contributed by atoms with E-state index in [2.05, 4.69) is 30.1 Å². The minimum Gasteiger partial charge on any atom is -0.385 e. The predicted molar refractivity (Wildman–Crippen MR) is 82.6 cm³/mol. The van der Waals surface area contributed by atoms with Gasteiger partial charge in [0.1, 0.15) is 0 Å². The molecule has 0 amide bonds. The van der Waals surface area contributed by atoms with Crippen molar-refractivity contribution in [2.75, 3.05) is 0 Å². The molecule has 0 aliphatic heterocycles. The van der Waals surface area contributed by atoms with Gasteiger partial charge < -0.3 is 5.11 Å². The topological polar surface area (TPSA) is 33.1 Å². The molecule has 20 heavy (non-hydrogen) atoms. The lowest BCUT2D eigenvalue weighted by Crippen LogP contribution is -2.32. The summed E-state index contributed by atoms with van der Waals surface area (Å²) in [4.78, 5) is 4.53. The second-order valence-corrected chi connectivity index (χ2v) is 6.26. The highest BCUT2D eigenvalue weighted by Gasteiger charge is 2.35. The Morgan fingerprint density at radius 2 is 2.15 bits per heavy atom. The predicted octanol–water partition coefficient (Wildman–Crippen LogP) is 4.33. The molecule has 106 valence electrons. The first-order chi connectivity index (χ1) is 9.60. The van der Waals surface area contributed by atoms with Crippen LogP contribution in [-0.4, -0.2) is 10.1 Å². The highest BCUT2D eigenvalue weighted by molar-refractivity contribution is 5.79. The van der Waals surface area contributed by atoms with E-state index in [1.165, 1.54) is 6.42 Å². The minimum atomic E-state index is -0.641. The molecule has 1 fully saturated rings. The van der Waals surface area contributed by atoms with Gasteiger partial charge in [-0.3, -0.25) is 4.98 Å². The Balaban J connectivity index is 1.98. The van der Waals surface area contributed by atoms with E-state index < -0.39 is 5.60 Å². The van der Waals surface area contributed by atoms with Crippen molar-refractivity contribution in [3.8, 4) is 0 Å². The maximum Gasteiger partial charge on any atom is 0.0899 e. The molecule has 0 saturated heterocycles. The van der Waals surface area contributed by atoms with Crippen LogP contribution in [0.2, 0.25) is 0 Å². The van der Waals surface area contributed by atoms with Crippen LogP contribution in [0.4, 0.5) is 0 Å². The maximum absolute atomic E-state index is 11.0. The molecule has 1 saturated carbocycles. The van der Waals surface area contributed by atoms with Crippen LogP contribution < -0.4 is 0 Å². The average molecular weight is 269 g/mol. The fourth-order valence-electron chi connectivity index (χ4n) is 3.49. The molecular formula is C18H23NO. The summed E-state index contributed by atoms with van der Waals surface area (Å²) in [6, 6.07) is 10.4. The van der Waals surface area contributed by atoms with E-state index in [0.717, 1.165) is 47.8 Å². The first-order valence-electron chi connectivity index (χ1n) is 7.71. The zero-order valence-electron chi connectivity index (χ0n) is 12.4. The van der Waals surface area contributed by atoms with Crippen LogP contribution in [0, 0.1) is 12.8 Å². The summed E-state index contributed by atoms with van der Waals surface area (Å²) >= 11 is 0. The van der Waals surface area contributed by atoms with E-state index in [-0.39, 0.29) is 0 Å². The molecule has 1 aliphatic carbocycles. The quantitative estimate of drug-likeness (QED) is 0.880. The third-order valence-corrected chi connectivity index (χ3v) is 4.77. The van der Waals surface area contributed by atoms with Crippen LogP contribution in [0.15, 0.2) is 30.3 Å². The van der Waals surface area contributed by atoms with Gasteiger partial charge >= 0.3 is 0 Å². The summed E-state index contributed by atoms with van der Waals surface area (Å²) in [5.74, 6) is 0.653. The van der Waals surface area contributed by atoms with E-state index in [1.807, 2.05) is 19.1 Å². The number of benzene rings is 1. The van der Waals surface area contributed by atoms with Gasteiger partial charge in [0, 0.05) is 11.1 Å². The number of fused-ring (bicyclic) bond motifs is 1. The lowest BCUT2D eigenvalue weighted by molar-refractivity contribution is -0.0216. The highest BCUT2D eigenvalue weighted by Crippen LogP contribution is 2.41. The number of nitrogens with zero attached hydrogens (tertiary/aromatic N) is 1. The largest absolute Gasteiger partial charge is 0.385 e. The molecule has 2 unspecified atom stereocenters. The molecule has 2 atom stereocenters. The molecule has 0 radical (unpaired) electrons. The molecule has 1 N–H and O–H groups in total. The molecule has 3 rings (SSSR count). The normalized spacial score (nSPS) is 26.9. The third-order valence-electron chi connectivity index (χ3n) is 4.77. The third kappa shape index (κ3) is 2.45. The summed E-state index contributed by atoms with van der Waals surface area (Å²) in [5, 5.41) is 12.2. The van der Waals surface area contributed by atoms with Gasteiger partial charge in [-0.15, -0.1) is 0 Å². The maximum atomic E-state index is 11.0. The number of aryl methyl sites for hydroxylation is 1. The Hall–Kier alpha value is -1.41. The molecule has 1 aliphatic rings. The first kappa shape index (κ1) is 13.6. The van der Waals surface area contributed by atoms with E-state index in [4.69, 9.17) is 0 Å². The standard InChI is InChI=1S/C18H23NO/c1-3-14-5-4-10-18(20,12-14)16-8-9-17-15(11-16)7-6-13(2)19-17/h6-9,11,14,20H,3-5,10,12H2,1-2H3. The van der Waals surface area contributed by atoms with Gasteiger partial charge in [0.2, 0.25) is 0 Å². The summed E-state index contributed by atoms with van der Waals surface area (Å²) in [6.45, 7) is 4.23. The second-order valence-electron chi connectivity index (χ2n) is 6.26. The molecule has 2 heteroatoms. The van der Waals surface area contributed by atoms with Crippen molar-refractivity contribution in [3.63, 3.8) is 0 Å². The Labute approximate surface area is 120 Å². The Kier molecular flexibility index (Phi) is 3.51. The van der Waals surface area contributed by atoms with E-state index >= 15 is 0 Å². The minimum absolute atomic E-state index is 0.641. The SMILES string of the molecule is CCC1CCCC(O)(c2ccc3nc(C)ccc3c2)C1. The van der Waals surface area contributed by atoms with E-state index in [0.29, 0.717) is 5.92 Å². The molecular weight excluding hydrogens is 246 g/mol. The van der Waals surface area contributed by atoms with Gasteiger partial charge in [0.25, 0.3) is 0 Å². The Bertz CT molecular complexity index is 622. The monoisotopic (exact) mass is 269 g/mol. The van der Waals surface area contributed by atoms with Gasteiger partial charge in [0.05, 0.1) is 11.1 Å². The number of pyridine rings is 1. The number of aliphatic hydroxyl groups is 1. The van der Waals surface area contributed by atoms with Gasteiger partial charge in [-0.05, 0) is 55.9 Å². The van der Waals surface area contributed by atoms with E-state index in [1.54, 1.807) is 0 Å². The lowest BCUT2D eigenvalue weighted by atomic mass is 9.73. The molecule has 1 aromatic heterocycles. The highest BCUT2D eigenvalue weighted by atomic mass is 16.3. The summed E-state index contributed by atoms with van der Waals surface area (Å²) < 4.78 is 0.